The third-order valence-corrected chi connectivity index (χ3v) is 2.57. The zero-order valence-electron chi connectivity index (χ0n) is 10.1. The molecule has 0 radical (unpaired) electrons. The minimum atomic E-state index is -1.23. The lowest BCUT2D eigenvalue weighted by Crippen LogP contribution is -2.13. The van der Waals surface area contributed by atoms with Gasteiger partial charge in [-0.2, -0.15) is 0 Å². The Balaban J connectivity index is 2.25. The Morgan fingerprint density at radius 1 is 0.950 bits per heavy atom. The lowest BCUT2D eigenvalue weighted by molar-refractivity contribution is 0.0696. The van der Waals surface area contributed by atoms with Crippen LogP contribution in [-0.4, -0.2) is 17.0 Å². The lowest BCUT2D eigenvalue weighted by Gasteiger charge is -2.07. The van der Waals surface area contributed by atoms with Crippen molar-refractivity contribution in [2.75, 3.05) is 5.32 Å². The molecule has 2 aromatic carbocycles. The zero-order valence-corrected chi connectivity index (χ0v) is 10.1. The predicted molar refractivity (Wildman–Crippen MR) is 67.7 cm³/mol. The van der Waals surface area contributed by atoms with E-state index in [0.29, 0.717) is 0 Å². The summed E-state index contributed by atoms with van der Waals surface area (Å²) in [7, 11) is 0. The molecular weight excluding hydrogens is 268 g/mol. The third-order valence-electron chi connectivity index (χ3n) is 2.57. The normalized spacial score (nSPS) is 10.1. The summed E-state index contributed by atoms with van der Waals surface area (Å²) in [5, 5.41) is 11.0. The van der Waals surface area contributed by atoms with Crippen LogP contribution < -0.4 is 5.32 Å². The number of hydrogen-bond acceptors (Lipinski definition) is 2. The molecule has 4 nitrogen and oxygen atoms in total. The molecule has 1 amide bonds. The summed E-state index contributed by atoms with van der Waals surface area (Å²) >= 11 is 0. The number of benzene rings is 2. The summed E-state index contributed by atoms with van der Waals surface area (Å²) in [6.07, 6.45) is 0. The van der Waals surface area contributed by atoms with Crippen LogP contribution in [0.15, 0.2) is 42.5 Å². The molecule has 102 valence electrons. The maximum Gasteiger partial charge on any atom is 0.335 e. The van der Waals surface area contributed by atoms with Gasteiger partial charge in [-0.25, -0.2) is 13.6 Å². The largest absolute Gasteiger partial charge is 0.478 e. The van der Waals surface area contributed by atoms with Crippen molar-refractivity contribution in [2.45, 2.75) is 0 Å². The van der Waals surface area contributed by atoms with Crippen LogP contribution in [0.3, 0.4) is 0 Å². The highest BCUT2D eigenvalue weighted by atomic mass is 19.1. The first kappa shape index (κ1) is 13.7. The van der Waals surface area contributed by atoms with Gasteiger partial charge < -0.3 is 10.4 Å². The quantitative estimate of drug-likeness (QED) is 0.906. The number of carboxylic acids is 1. The van der Waals surface area contributed by atoms with Gasteiger partial charge in [0, 0.05) is 5.56 Å². The van der Waals surface area contributed by atoms with Crippen LogP contribution in [0.25, 0.3) is 0 Å². The fourth-order valence-corrected chi connectivity index (χ4v) is 1.55. The molecule has 0 spiro atoms. The van der Waals surface area contributed by atoms with Gasteiger partial charge in [-0.05, 0) is 42.5 Å². The first-order chi connectivity index (χ1) is 9.47. The highest BCUT2D eigenvalue weighted by Gasteiger charge is 2.12. The Labute approximate surface area is 112 Å². The second-order valence-corrected chi connectivity index (χ2v) is 3.96. The molecule has 0 aliphatic heterocycles. The number of amides is 1. The molecule has 0 saturated heterocycles. The summed E-state index contributed by atoms with van der Waals surface area (Å²) in [6.45, 7) is 0. The van der Waals surface area contributed by atoms with Crippen molar-refractivity contribution in [1.29, 1.82) is 0 Å². The number of carboxylic acid groups (broad SMARTS) is 1. The molecule has 2 N–H and O–H groups in total. The Morgan fingerprint density at radius 3 is 2.15 bits per heavy atom. The lowest BCUT2D eigenvalue weighted by atomic mass is 10.1. The van der Waals surface area contributed by atoms with E-state index in [0.717, 1.165) is 30.3 Å². The van der Waals surface area contributed by atoms with E-state index in [9.17, 15) is 18.4 Å². The Morgan fingerprint density at radius 2 is 1.55 bits per heavy atom. The number of carbonyl (C=O) groups is 2. The van der Waals surface area contributed by atoms with E-state index in [4.69, 9.17) is 5.11 Å². The fourth-order valence-electron chi connectivity index (χ4n) is 1.55. The molecule has 0 aliphatic rings. The highest BCUT2D eigenvalue weighted by molar-refractivity contribution is 6.04. The van der Waals surface area contributed by atoms with Gasteiger partial charge in [-0.15, -0.1) is 0 Å². The van der Waals surface area contributed by atoms with Crippen LogP contribution in [0, 0.1) is 11.6 Å². The van der Waals surface area contributed by atoms with E-state index in [1.54, 1.807) is 0 Å². The van der Waals surface area contributed by atoms with Gasteiger partial charge in [0.1, 0.15) is 11.6 Å². The van der Waals surface area contributed by atoms with E-state index in [1.807, 2.05) is 0 Å². The number of aromatic carboxylic acids is 1. The van der Waals surface area contributed by atoms with Crippen molar-refractivity contribution in [1.82, 2.24) is 0 Å². The first-order valence-electron chi connectivity index (χ1n) is 5.57. The zero-order chi connectivity index (χ0) is 14.7. The molecule has 0 fully saturated rings. The van der Waals surface area contributed by atoms with E-state index in [1.165, 1.54) is 12.1 Å². The standard InChI is InChI=1S/C14H9F2NO3/c15-10-4-1-8(2-5-10)13(18)17-12-7-9(14(19)20)3-6-11(12)16/h1-7H,(H,17,18)(H,19,20). The summed E-state index contributed by atoms with van der Waals surface area (Å²) in [4.78, 5) is 22.6. The van der Waals surface area contributed by atoms with Gasteiger partial charge in [-0.1, -0.05) is 0 Å². The minimum Gasteiger partial charge on any atom is -0.478 e. The van der Waals surface area contributed by atoms with Crippen LogP contribution >= 0.6 is 0 Å². The second kappa shape index (κ2) is 5.48. The van der Waals surface area contributed by atoms with E-state index in [-0.39, 0.29) is 16.8 Å². The van der Waals surface area contributed by atoms with Gasteiger partial charge in [0.25, 0.3) is 5.91 Å². The third kappa shape index (κ3) is 2.97. The van der Waals surface area contributed by atoms with Crippen LogP contribution in [0.4, 0.5) is 14.5 Å². The SMILES string of the molecule is O=C(O)c1ccc(F)c(NC(=O)c2ccc(F)cc2)c1. The Bertz CT molecular complexity index is 669. The molecule has 6 heteroatoms. The summed E-state index contributed by atoms with van der Waals surface area (Å²) in [6, 6.07) is 7.72. The Kier molecular flexibility index (Phi) is 3.74. The first-order valence-corrected chi connectivity index (χ1v) is 5.57. The number of nitrogens with one attached hydrogen (secondary N) is 1. The van der Waals surface area contributed by atoms with E-state index >= 15 is 0 Å². The number of carbonyl (C=O) groups excluding carboxylic acids is 1. The Hall–Kier alpha value is -2.76. The topological polar surface area (TPSA) is 66.4 Å². The monoisotopic (exact) mass is 277 g/mol. The van der Waals surface area contributed by atoms with Gasteiger partial charge in [-0.3, -0.25) is 4.79 Å². The smallest absolute Gasteiger partial charge is 0.335 e. The van der Waals surface area contributed by atoms with E-state index in [2.05, 4.69) is 5.32 Å². The van der Waals surface area contributed by atoms with Crippen LogP contribution in [-0.2, 0) is 0 Å². The maximum atomic E-state index is 13.5. The van der Waals surface area contributed by atoms with Crippen LogP contribution in [0.2, 0.25) is 0 Å². The second-order valence-electron chi connectivity index (χ2n) is 3.96. The number of rotatable bonds is 3. The predicted octanol–water partition coefficient (Wildman–Crippen LogP) is 2.92. The summed E-state index contributed by atoms with van der Waals surface area (Å²) < 4.78 is 26.2. The van der Waals surface area contributed by atoms with Gasteiger partial charge >= 0.3 is 5.97 Å². The average Bonchev–Trinajstić information content (AvgIpc) is 2.41. The van der Waals surface area contributed by atoms with Crippen molar-refractivity contribution in [3.05, 3.63) is 65.2 Å². The highest BCUT2D eigenvalue weighted by Crippen LogP contribution is 2.17. The average molecular weight is 277 g/mol. The van der Waals surface area contributed by atoms with Crippen molar-refractivity contribution in [2.24, 2.45) is 0 Å². The molecule has 0 aromatic heterocycles. The molecule has 0 atom stereocenters. The van der Waals surface area contributed by atoms with Gasteiger partial charge in [0.15, 0.2) is 0 Å². The molecule has 2 aromatic rings. The number of halogens is 2. The van der Waals surface area contributed by atoms with Gasteiger partial charge in [0.05, 0.1) is 11.3 Å². The van der Waals surface area contributed by atoms with Gasteiger partial charge in [0.2, 0.25) is 0 Å². The van der Waals surface area contributed by atoms with Crippen molar-refractivity contribution >= 4 is 17.6 Å². The number of anilines is 1. The molecule has 0 bridgehead atoms. The minimum absolute atomic E-state index is 0.131. The molecule has 20 heavy (non-hydrogen) atoms. The van der Waals surface area contributed by atoms with Crippen LogP contribution in [0.1, 0.15) is 20.7 Å². The molecular formula is C14H9F2NO3. The molecule has 2 rings (SSSR count). The summed E-state index contributed by atoms with van der Waals surface area (Å²) in [5.41, 5.74) is -0.272. The van der Waals surface area contributed by atoms with E-state index < -0.39 is 23.5 Å². The summed E-state index contributed by atoms with van der Waals surface area (Å²) in [5.74, 6) is -3.15. The van der Waals surface area contributed by atoms with Crippen molar-refractivity contribution in [3.8, 4) is 0 Å². The fraction of sp³-hybridized carbons (Fsp3) is 0. The maximum absolute atomic E-state index is 13.5. The van der Waals surface area contributed by atoms with Crippen molar-refractivity contribution in [3.63, 3.8) is 0 Å². The van der Waals surface area contributed by atoms with Crippen molar-refractivity contribution < 1.29 is 23.5 Å². The van der Waals surface area contributed by atoms with Crippen LogP contribution in [0.5, 0.6) is 0 Å². The molecule has 0 aliphatic carbocycles. The molecule has 0 saturated carbocycles. The molecule has 0 unspecified atom stereocenters. The number of hydrogen-bond donors (Lipinski definition) is 2. The molecule has 0 heterocycles.